The Balaban J connectivity index is 2.25. The molecule has 3 aliphatic carbocycles. The molecule has 0 aromatic carbocycles. The highest BCUT2D eigenvalue weighted by Crippen LogP contribution is 2.68. The van der Waals surface area contributed by atoms with Crippen LogP contribution in [0.1, 0.15) is 53.4 Å². The van der Waals surface area contributed by atoms with Crippen LogP contribution in [0.15, 0.2) is 34.9 Å². The first-order valence-electron chi connectivity index (χ1n) is 7.81. The molecular weight excluding hydrogens is 216 g/mol. The fourth-order valence-electron chi connectivity index (χ4n) is 5.56. The van der Waals surface area contributed by atoms with Gasteiger partial charge >= 0.3 is 0 Å². The fraction of sp³-hybridized carbons (Fsp3) is 0.667. The van der Waals surface area contributed by atoms with E-state index in [9.17, 15) is 0 Å². The molecule has 0 spiro atoms. The van der Waals surface area contributed by atoms with Gasteiger partial charge in [-0.1, -0.05) is 55.7 Å². The number of hydrogen-bond acceptors (Lipinski definition) is 0. The molecule has 1 saturated carbocycles. The van der Waals surface area contributed by atoms with E-state index in [1.54, 1.807) is 11.1 Å². The molecule has 0 nitrogen and oxygen atoms in total. The van der Waals surface area contributed by atoms with Gasteiger partial charge in [0, 0.05) is 11.3 Å². The van der Waals surface area contributed by atoms with Crippen LogP contribution in [-0.2, 0) is 0 Å². The van der Waals surface area contributed by atoms with Crippen LogP contribution in [0.25, 0.3) is 0 Å². The molecule has 4 atom stereocenters. The topological polar surface area (TPSA) is 0 Å². The SMILES string of the molecule is C/C=C1/C2C=CC3C(CC)=C(CC)C1(CC)C3C2. The maximum Gasteiger partial charge on any atom is 0.0164 e. The molecule has 98 valence electrons. The van der Waals surface area contributed by atoms with Crippen LogP contribution in [0.5, 0.6) is 0 Å². The third-order valence-electron chi connectivity index (χ3n) is 5.97. The molecule has 0 amide bonds. The van der Waals surface area contributed by atoms with Gasteiger partial charge in [-0.15, -0.1) is 0 Å². The Bertz CT molecular complexity index is 449. The van der Waals surface area contributed by atoms with Crippen molar-refractivity contribution in [1.82, 2.24) is 0 Å². The predicted molar refractivity (Wildman–Crippen MR) is 78.3 cm³/mol. The van der Waals surface area contributed by atoms with Gasteiger partial charge in [-0.3, -0.25) is 0 Å². The van der Waals surface area contributed by atoms with E-state index in [4.69, 9.17) is 0 Å². The van der Waals surface area contributed by atoms with Gasteiger partial charge in [0.1, 0.15) is 0 Å². The van der Waals surface area contributed by atoms with Gasteiger partial charge in [-0.2, -0.15) is 0 Å². The summed E-state index contributed by atoms with van der Waals surface area (Å²) in [4.78, 5) is 0. The summed E-state index contributed by atoms with van der Waals surface area (Å²) in [5.41, 5.74) is 5.77. The maximum absolute atomic E-state index is 2.54. The van der Waals surface area contributed by atoms with Crippen LogP contribution in [0.3, 0.4) is 0 Å². The molecule has 0 saturated heterocycles. The lowest BCUT2D eigenvalue weighted by Crippen LogP contribution is -2.26. The Morgan fingerprint density at radius 2 is 2.00 bits per heavy atom. The van der Waals surface area contributed by atoms with Crippen molar-refractivity contribution in [1.29, 1.82) is 0 Å². The summed E-state index contributed by atoms with van der Waals surface area (Å²) in [7, 11) is 0. The molecule has 2 bridgehead atoms. The molecule has 0 heterocycles. The van der Waals surface area contributed by atoms with E-state index in [0.717, 1.165) is 17.8 Å². The molecule has 3 rings (SSSR count). The van der Waals surface area contributed by atoms with Gasteiger partial charge in [0.15, 0.2) is 0 Å². The van der Waals surface area contributed by atoms with E-state index in [1.807, 2.05) is 5.57 Å². The monoisotopic (exact) mass is 242 g/mol. The first-order valence-corrected chi connectivity index (χ1v) is 7.81. The Morgan fingerprint density at radius 3 is 2.56 bits per heavy atom. The van der Waals surface area contributed by atoms with E-state index in [-0.39, 0.29) is 0 Å². The first-order chi connectivity index (χ1) is 8.74. The lowest BCUT2D eigenvalue weighted by atomic mass is 9.69. The highest BCUT2D eigenvalue weighted by Gasteiger charge is 2.59. The predicted octanol–water partition coefficient (Wildman–Crippen LogP) is 5.28. The second kappa shape index (κ2) is 4.11. The van der Waals surface area contributed by atoms with Crippen LogP contribution in [0.4, 0.5) is 0 Å². The molecular formula is C18H26. The van der Waals surface area contributed by atoms with Gasteiger partial charge in [0.2, 0.25) is 0 Å². The zero-order valence-electron chi connectivity index (χ0n) is 12.3. The smallest absolute Gasteiger partial charge is 0.0164 e. The summed E-state index contributed by atoms with van der Waals surface area (Å²) < 4.78 is 0. The molecule has 0 N–H and O–H groups in total. The van der Waals surface area contributed by atoms with Crippen molar-refractivity contribution in [3.05, 3.63) is 34.9 Å². The number of rotatable bonds is 3. The lowest BCUT2D eigenvalue weighted by molar-refractivity contribution is 0.274. The van der Waals surface area contributed by atoms with Gasteiger partial charge < -0.3 is 0 Å². The van der Waals surface area contributed by atoms with Crippen LogP contribution in [0, 0.1) is 23.2 Å². The van der Waals surface area contributed by atoms with E-state index in [2.05, 4.69) is 45.9 Å². The van der Waals surface area contributed by atoms with E-state index >= 15 is 0 Å². The number of allylic oxidation sites excluding steroid dienone is 6. The molecule has 0 aromatic rings. The molecule has 0 radical (unpaired) electrons. The Hall–Kier alpha value is -0.780. The quantitative estimate of drug-likeness (QED) is 0.590. The average Bonchev–Trinajstić information content (AvgIpc) is 2.81. The molecule has 0 aliphatic heterocycles. The molecule has 4 unspecified atom stereocenters. The van der Waals surface area contributed by atoms with Crippen molar-refractivity contribution in [2.24, 2.45) is 23.2 Å². The van der Waals surface area contributed by atoms with E-state index < -0.39 is 0 Å². The summed E-state index contributed by atoms with van der Waals surface area (Å²) in [6.45, 7) is 9.39. The number of fused-ring (bicyclic) bond motifs is 1. The van der Waals surface area contributed by atoms with E-state index in [1.165, 1.54) is 25.7 Å². The van der Waals surface area contributed by atoms with Gasteiger partial charge in [-0.05, 0) is 44.4 Å². The zero-order chi connectivity index (χ0) is 12.9. The van der Waals surface area contributed by atoms with Gasteiger partial charge in [0.05, 0.1) is 0 Å². The Kier molecular flexibility index (Phi) is 2.80. The summed E-state index contributed by atoms with van der Waals surface area (Å²) in [6.07, 6.45) is 12.7. The van der Waals surface area contributed by atoms with Crippen molar-refractivity contribution in [2.45, 2.75) is 53.4 Å². The van der Waals surface area contributed by atoms with Crippen molar-refractivity contribution in [2.75, 3.05) is 0 Å². The minimum atomic E-state index is 0.438. The normalized spacial score (nSPS) is 43.3. The summed E-state index contributed by atoms with van der Waals surface area (Å²) in [5, 5.41) is 0. The maximum atomic E-state index is 2.54. The van der Waals surface area contributed by atoms with Crippen LogP contribution >= 0.6 is 0 Å². The minimum absolute atomic E-state index is 0.438. The van der Waals surface area contributed by atoms with E-state index in [0.29, 0.717) is 5.41 Å². The summed E-state index contributed by atoms with van der Waals surface area (Å²) >= 11 is 0. The summed E-state index contributed by atoms with van der Waals surface area (Å²) in [5.74, 6) is 2.39. The molecule has 18 heavy (non-hydrogen) atoms. The standard InChI is InChI=1S/C18H26/c1-5-13-14-10-9-12-11-17(14)18(8-4,15(12)6-2)16(13)7-3/h6,9-10,12,14,17H,5,7-8,11H2,1-4H3/b15-6-. The van der Waals surface area contributed by atoms with Crippen molar-refractivity contribution >= 4 is 0 Å². The van der Waals surface area contributed by atoms with Gasteiger partial charge in [-0.25, -0.2) is 0 Å². The zero-order valence-corrected chi connectivity index (χ0v) is 12.3. The Morgan fingerprint density at radius 1 is 1.22 bits per heavy atom. The molecule has 0 aromatic heterocycles. The Labute approximate surface area is 112 Å². The average molecular weight is 242 g/mol. The second-order valence-corrected chi connectivity index (χ2v) is 6.14. The van der Waals surface area contributed by atoms with Crippen molar-refractivity contribution < 1.29 is 0 Å². The van der Waals surface area contributed by atoms with Crippen molar-refractivity contribution in [3.8, 4) is 0 Å². The first kappa shape index (κ1) is 12.3. The molecule has 3 aliphatic rings. The van der Waals surface area contributed by atoms with Crippen molar-refractivity contribution in [3.63, 3.8) is 0 Å². The highest BCUT2D eigenvalue weighted by molar-refractivity contribution is 5.50. The van der Waals surface area contributed by atoms with Gasteiger partial charge in [0.25, 0.3) is 0 Å². The third-order valence-corrected chi connectivity index (χ3v) is 5.97. The molecule has 0 heteroatoms. The lowest BCUT2D eigenvalue weighted by Gasteiger charge is -2.35. The third kappa shape index (κ3) is 1.17. The van der Waals surface area contributed by atoms with Crippen LogP contribution in [-0.4, -0.2) is 0 Å². The largest absolute Gasteiger partial charge is 0.0870 e. The highest BCUT2D eigenvalue weighted by atomic mass is 14.6. The van der Waals surface area contributed by atoms with Crippen LogP contribution < -0.4 is 0 Å². The fourth-order valence-corrected chi connectivity index (χ4v) is 5.56. The number of hydrogen-bond donors (Lipinski definition) is 0. The summed E-state index contributed by atoms with van der Waals surface area (Å²) in [6, 6.07) is 0. The second-order valence-electron chi connectivity index (χ2n) is 6.14. The van der Waals surface area contributed by atoms with Crippen LogP contribution in [0.2, 0.25) is 0 Å². The molecule has 1 fully saturated rings. The minimum Gasteiger partial charge on any atom is -0.0870 e.